The standard InChI is InChI=1S/C23H24N4O2S/c1-17-2-12-22(13-3-17)30(28,29)26-21-10-6-19(7-11-21)16-18-4-8-20(9-5-18)23-25-14-15-27(23)24/h2-13,26H,14-16,24H2,1H3. The monoisotopic (exact) mass is 420 g/mol. The molecule has 6 nitrogen and oxygen atoms in total. The lowest BCUT2D eigenvalue weighted by Crippen LogP contribution is -2.34. The van der Waals surface area contributed by atoms with Gasteiger partial charge in [-0.05, 0) is 48.7 Å². The average molecular weight is 421 g/mol. The van der Waals surface area contributed by atoms with Crippen molar-refractivity contribution in [2.24, 2.45) is 10.8 Å². The number of nitrogens with two attached hydrogens (primary N) is 1. The number of aliphatic imine (C=N–C) groups is 1. The van der Waals surface area contributed by atoms with Gasteiger partial charge in [0.1, 0.15) is 5.84 Å². The highest BCUT2D eigenvalue weighted by Gasteiger charge is 2.15. The van der Waals surface area contributed by atoms with E-state index in [1.54, 1.807) is 41.4 Å². The zero-order valence-corrected chi connectivity index (χ0v) is 17.6. The van der Waals surface area contributed by atoms with Crippen LogP contribution in [-0.4, -0.2) is 32.4 Å². The molecular weight excluding hydrogens is 396 g/mol. The summed E-state index contributed by atoms with van der Waals surface area (Å²) in [5.41, 5.74) is 4.83. The zero-order valence-electron chi connectivity index (χ0n) is 16.7. The molecule has 154 valence electrons. The van der Waals surface area contributed by atoms with Gasteiger partial charge in [0.2, 0.25) is 0 Å². The summed E-state index contributed by atoms with van der Waals surface area (Å²) in [6.07, 6.45) is 0.754. The van der Waals surface area contributed by atoms with Gasteiger partial charge >= 0.3 is 0 Å². The molecule has 3 N–H and O–H groups in total. The first-order valence-electron chi connectivity index (χ1n) is 9.75. The van der Waals surface area contributed by atoms with E-state index >= 15 is 0 Å². The van der Waals surface area contributed by atoms with Crippen molar-refractivity contribution in [1.29, 1.82) is 0 Å². The number of anilines is 1. The van der Waals surface area contributed by atoms with Crippen LogP contribution in [0.3, 0.4) is 0 Å². The molecule has 1 heterocycles. The summed E-state index contributed by atoms with van der Waals surface area (Å²) in [5, 5.41) is 1.67. The number of aryl methyl sites for hydroxylation is 1. The molecular formula is C23H24N4O2S. The summed E-state index contributed by atoms with van der Waals surface area (Å²) < 4.78 is 27.7. The predicted molar refractivity (Wildman–Crippen MR) is 120 cm³/mol. The van der Waals surface area contributed by atoms with Crippen LogP contribution in [-0.2, 0) is 16.4 Å². The summed E-state index contributed by atoms with van der Waals surface area (Å²) >= 11 is 0. The topological polar surface area (TPSA) is 87.8 Å². The van der Waals surface area contributed by atoms with E-state index in [4.69, 9.17) is 5.84 Å². The molecule has 0 fully saturated rings. The summed E-state index contributed by atoms with van der Waals surface area (Å²) in [6.45, 7) is 3.40. The van der Waals surface area contributed by atoms with Crippen molar-refractivity contribution in [2.45, 2.75) is 18.2 Å². The van der Waals surface area contributed by atoms with E-state index in [1.807, 2.05) is 31.2 Å². The van der Waals surface area contributed by atoms with Gasteiger partial charge in [0.25, 0.3) is 10.0 Å². The minimum absolute atomic E-state index is 0.250. The van der Waals surface area contributed by atoms with Crippen molar-refractivity contribution in [1.82, 2.24) is 5.01 Å². The quantitative estimate of drug-likeness (QED) is 0.599. The maximum Gasteiger partial charge on any atom is 0.261 e. The average Bonchev–Trinajstić information content (AvgIpc) is 3.16. The van der Waals surface area contributed by atoms with Crippen molar-refractivity contribution in [3.8, 4) is 0 Å². The van der Waals surface area contributed by atoms with Crippen LogP contribution in [0.15, 0.2) is 82.7 Å². The normalized spacial score (nSPS) is 13.9. The molecule has 0 amide bonds. The Balaban J connectivity index is 1.42. The van der Waals surface area contributed by atoms with Crippen molar-refractivity contribution in [3.05, 3.63) is 95.1 Å². The lowest BCUT2D eigenvalue weighted by Gasteiger charge is -2.13. The first kappa shape index (κ1) is 20.1. The van der Waals surface area contributed by atoms with E-state index in [2.05, 4.69) is 21.8 Å². The van der Waals surface area contributed by atoms with E-state index in [0.717, 1.165) is 47.6 Å². The molecule has 0 bridgehead atoms. The van der Waals surface area contributed by atoms with Crippen LogP contribution in [0, 0.1) is 6.92 Å². The van der Waals surface area contributed by atoms with Crippen molar-refractivity contribution in [2.75, 3.05) is 17.8 Å². The number of hydrogen-bond acceptors (Lipinski definition) is 5. The van der Waals surface area contributed by atoms with Crippen LogP contribution in [0.1, 0.15) is 22.3 Å². The SMILES string of the molecule is Cc1ccc(S(=O)(=O)Nc2ccc(Cc3ccc(C4=NCCN4N)cc3)cc2)cc1. The van der Waals surface area contributed by atoms with Crippen LogP contribution in [0.2, 0.25) is 0 Å². The van der Waals surface area contributed by atoms with Crippen molar-refractivity contribution in [3.63, 3.8) is 0 Å². The summed E-state index contributed by atoms with van der Waals surface area (Å²) in [7, 11) is -3.59. The maximum absolute atomic E-state index is 12.5. The largest absolute Gasteiger partial charge is 0.293 e. The third-order valence-corrected chi connectivity index (χ3v) is 6.43. The van der Waals surface area contributed by atoms with Crippen LogP contribution >= 0.6 is 0 Å². The molecule has 0 aliphatic carbocycles. The Morgan fingerprint density at radius 2 is 1.53 bits per heavy atom. The fourth-order valence-corrected chi connectivity index (χ4v) is 4.41. The molecule has 0 saturated heterocycles. The van der Waals surface area contributed by atoms with Crippen LogP contribution in [0.5, 0.6) is 0 Å². The molecule has 1 aliphatic rings. The first-order valence-corrected chi connectivity index (χ1v) is 11.2. The summed E-state index contributed by atoms with van der Waals surface area (Å²) in [5.74, 6) is 6.75. The Morgan fingerprint density at radius 1 is 0.933 bits per heavy atom. The van der Waals surface area contributed by atoms with Crippen LogP contribution in [0.4, 0.5) is 5.69 Å². The third kappa shape index (κ3) is 4.53. The van der Waals surface area contributed by atoms with Gasteiger partial charge in [-0.25, -0.2) is 14.3 Å². The van der Waals surface area contributed by atoms with Crippen LogP contribution in [0.25, 0.3) is 0 Å². The molecule has 3 aromatic rings. The van der Waals surface area contributed by atoms with Gasteiger partial charge in [-0.15, -0.1) is 0 Å². The van der Waals surface area contributed by atoms with Crippen LogP contribution < -0.4 is 10.6 Å². The number of hydrazine groups is 1. The number of benzene rings is 3. The first-order chi connectivity index (χ1) is 14.4. The highest BCUT2D eigenvalue weighted by atomic mass is 32.2. The molecule has 0 saturated carbocycles. The van der Waals surface area contributed by atoms with E-state index < -0.39 is 10.0 Å². The predicted octanol–water partition coefficient (Wildman–Crippen LogP) is 3.32. The third-order valence-electron chi connectivity index (χ3n) is 5.03. The highest BCUT2D eigenvalue weighted by Crippen LogP contribution is 2.19. The Hall–Kier alpha value is -3.16. The Labute approximate surface area is 177 Å². The Bertz CT molecular complexity index is 1150. The van der Waals surface area contributed by atoms with Gasteiger partial charge in [-0.3, -0.25) is 14.7 Å². The van der Waals surface area contributed by atoms with Gasteiger partial charge in [0.15, 0.2) is 0 Å². The molecule has 0 unspecified atom stereocenters. The molecule has 0 aromatic heterocycles. The van der Waals surface area contributed by atoms with Crippen molar-refractivity contribution >= 4 is 21.5 Å². The maximum atomic E-state index is 12.5. The molecule has 30 heavy (non-hydrogen) atoms. The Morgan fingerprint density at radius 3 is 2.10 bits per heavy atom. The van der Waals surface area contributed by atoms with E-state index in [-0.39, 0.29) is 4.90 Å². The number of sulfonamides is 1. The second kappa shape index (κ2) is 8.30. The zero-order chi connectivity index (χ0) is 21.1. The van der Waals surface area contributed by atoms with E-state index in [9.17, 15) is 8.42 Å². The lowest BCUT2D eigenvalue weighted by molar-refractivity contribution is 0.484. The van der Waals surface area contributed by atoms with Gasteiger partial charge < -0.3 is 0 Å². The van der Waals surface area contributed by atoms with Gasteiger partial charge in [-0.1, -0.05) is 54.1 Å². The van der Waals surface area contributed by atoms with E-state index in [1.165, 1.54) is 0 Å². The number of hydrogen-bond donors (Lipinski definition) is 2. The van der Waals surface area contributed by atoms with Gasteiger partial charge in [-0.2, -0.15) is 0 Å². The summed E-state index contributed by atoms with van der Waals surface area (Å²) in [4.78, 5) is 4.68. The number of amidine groups is 1. The Kier molecular flexibility index (Phi) is 5.57. The molecule has 0 spiro atoms. The van der Waals surface area contributed by atoms with Crippen molar-refractivity contribution < 1.29 is 8.42 Å². The molecule has 0 radical (unpaired) electrons. The molecule has 3 aromatic carbocycles. The minimum atomic E-state index is -3.59. The molecule has 7 heteroatoms. The number of rotatable bonds is 6. The number of nitrogens with zero attached hydrogens (tertiary/aromatic N) is 2. The fraction of sp³-hybridized carbons (Fsp3) is 0.174. The highest BCUT2D eigenvalue weighted by molar-refractivity contribution is 7.92. The second-order valence-electron chi connectivity index (χ2n) is 7.39. The van der Waals surface area contributed by atoms with E-state index in [0.29, 0.717) is 5.69 Å². The van der Waals surface area contributed by atoms with Gasteiger partial charge in [0, 0.05) is 11.3 Å². The molecule has 1 aliphatic heterocycles. The minimum Gasteiger partial charge on any atom is -0.293 e. The smallest absolute Gasteiger partial charge is 0.261 e. The molecule has 0 atom stereocenters. The summed E-state index contributed by atoms with van der Waals surface area (Å²) in [6, 6.07) is 22.4. The molecule has 4 rings (SSSR count). The fourth-order valence-electron chi connectivity index (χ4n) is 3.35. The lowest BCUT2D eigenvalue weighted by atomic mass is 10.0. The number of nitrogens with one attached hydrogen (secondary N) is 1. The second-order valence-corrected chi connectivity index (χ2v) is 9.07. The van der Waals surface area contributed by atoms with Gasteiger partial charge in [0.05, 0.1) is 18.0 Å².